The van der Waals surface area contributed by atoms with Crippen LogP contribution in [0, 0.1) is 0 Å². The second-order valence-corrected chi connectivity index (χ2v) is 9.40. The number of nitrogens with two attached hydrogens (primary N) is 1. The zero-order valence-corrected chi connectivity index (χ0v) is 17.4. The van der Waals surface area contributed by atoms with Crippen LogP contribution in [0.3, 0.4) is 0 Å². The van der Waals surface area contributed by atoms with E-state index in [1.165, 1.54) is 4.31 Å². The monoisotopic (exact) mass is 415 g/mol. The summed E-state index contributed by atoms with van der Waals surface area (Å²) in [6.45, 7) is 3.34. The highest BCUT2D eigenvalue weighted by atomic mass is 35.5. The molecule has 6 nitrogen and oxygen atoms in total. The van der Waals surface area contributed by atoms with Crippen LogP contribution in [-0.2, 0) is 14.8 Å². The zero-order valence-electron chi connectivity index (χ0n) is 15.8. The zero-order chi connectivity index (χ0) is 18.7. The second kappa shape index (κ2) is 9.37. The number of carbonyl (C=O) groups is 1. The largest absolute Gasteiger partial charge is 0.339 e. The number of rotatable bonds is 5. The van der Waals surface area contributed by atoms with Crippen molar-refractivity contribution < 1.29 is 13.2 Å². The summed E-state index contributed by atoms with van der Waals surface area (Å²) in [5.74, 6) is 0.117. The van der Waals surface area contributed by atoms with Gasteiger partial charge in [-0.2, -0.15) is 4.31 Å². The smallest absolute Gasteiger partial charge is 0.241 e. The molecular weight excluding hydrogens is 386 g/mol. The van der Waals surface area contributed by atoms with Gasteiger partial charge >= 0.3 is 0 Å². The van der Waals surface area contributed by atoms with Crippen molar-refractivity contribution in [1.82, 2.24) is 9.21 Å². The SMILES string of the molecule is CCCS(=O)(=O)N1CCCCC1C(=O)N1C[C@@H](N)[C@H](c2ccccc2)C1.Cl. The van der Waals surface area contributed by atoms with E-state index in [4.69, 9.17) is 5.73 Å². The van der Waals surface area contributed by atoms with Crippen LogP contribution in [0.4, 0.5) is 0 Å². The average Bonchev–Trinajstić information content (AvgIpc) is 3.03. The molecule has 0 radical (unpaired) electrons. The summed E-state index contributed by atoms with van der Waals surface area (Å²) in [5.41, 5.74) is 7.44. The first kappa shape index (κ1) is 22.1. The Morgan fingerprint density at radius 3 is 2.56 bits per heavy atom. The van der Waals surface area contributed by atoms with Crippen LogP contribution in [0.1, 0.15) is 44.1 Å². The summed E-state index contributed by atoms with van der Waals surface area (Å²) in [4.78, 5) is 14.9. The van der Waals surface area contributed by atoms with Gasteiger partial charge in [0.1, 0.15) is 6.04 Å². The number of hydrogen-bond acceptors (Lipinski definition) is 4. The molecule has 2 fully saturated rings. The van der Waals surface area contributed by atoms with Gasteiger partial charge in [0.15, 0.2) is 0 Å². The predicted octanol–water partition coefficient (Wildman–Crippen LogP) is 1.96. The molecule has 2 aliphatic heterocycles. The molecule has 1 aromatic carbocycles. The fraction of sp³-hybridized carbons (Fsp3) is 0.632. The van der Waals surface area contributed by atoms with E-state index in [0.29, 0.717) is 32.5 Å². The number of benzene rings is 1. The molecule has 8 heteroatoms. The van der Waals surface area contributed by atoms with Gasteiger partial charge in [0.05, 0.1) is 5.75 Å². The number of nitrogens with zero attached hydrogens (tertiary/aromatic N) is 2. The number of halogens is 1. The van der Waals surface area contributed by atoms with Crippen molar-refractivity contribution in [2.24, 2.45) is 5.73 Å². The Balaban J connectivity index is 0.00000261. The molecule has 1 aromatic rings. The molecular formula is C19H30ClN3O3S. The molecule has 1 amide bonds. The van der Waals surface area contributed by atoms with E-state index in [1.54, 1.807) is 4.90 Å². The van der Waals surface area contributed by atoms with Crippen molar-refractivity contribution >= 4 is 28.3 Å². The molecule has 0 bridgehead atoms. The lowest BCUT2D eigenvalue weighted by Crippen LogP contribution is -2.53. The van der Waals surface area contributed by atoms with Crippen molar-refractivity contribution in [3.63, 3.8) is 0 Å². The van der Waals surface area contributed by atoms with Crippen molar-refractivity contribution in [1.29, 1.82) is 0 Å². The maximum absolute atomic E-state index is 13.1. The Labute approximate surface area is 168 Å². The lowest BCUT2D eigenvalue weighted by Gasteiger charge is -2.35. The van der Waals surface area contributed by atoms with Crippen LogP contribution in [-0.4, -0.2) is 61.0 Å². The van der Waals surface area contributed by atoms with Crippen molar-refractivity contribution in [2.45, 2.75) is 50.6 Å². The van der Waals surface area contributed by atoms with Crippen LogP contribution < -0.4 is 5.73 Å². The summed E-state index contributed by atoms with van der Waals surface area (Å²) in [6.07, 6.45) is 2.86. The van der Waals surface area contributed by atoms with Crippen molar-refractivity contribution in [3.05, 3.63) is 35.9 Å². The molecule has 2 N–H and O–H groups in total. The molecule has 2 aliphatic rings. The number of amides is 1. The lowest BCUT2D eigenvalue weighted by molar-refractivity contribution is -0.135. The van der Waals surface area contributed by atoms with Gasteiger partial charge in [-0.15, -0.1) is 12.4 Å². The standard InChI is InChI=1S/C19H29N3O3S.ClH/c1-2-12-26(24,25)22-11-7-6-10-18(22)19(23)21-13-16(17(20)14-21)15-8-4-3-5-9-15;/h3-5,8-9,16-18H,2,6-7,10-14,20H2,1H3;1H/t16-,17+,18?;/m0./s1. The Morgan fingerprint density at radius 2 is 1.89 bits per heavy atom. The summed E-state index contributed by atoms with van der Waals surface area (Å²) < 4.78 is 26.6. The third-order valence-corrected chi connectivity index (χ3v) is 7.54. The van der Waals surface area contributed by atoms with E-state index in [2.05, 4.69) is 0 Å². The second-order valence-electron chi connectivity index (χ2n) is 7.36. The van der Waals surface area contributed by atoms with E-state index >= 15 is 0 Å². The molecule has 2 heterocycles. The summed E-state index contributed by atoms with van der Waals surface area (Å²) in [6, 6.07) is 9.31. The fourth-order valence-corrected chi connectivity index (χ4v) is 5.87. The third kappa shape index (κ3) is 4.83. The number of hydrogen-bond donors (Lipinski definition) is 1. The topological polar surface area (TPSA) is 83.7 Å². The first-order valence-electron chi connectivity index (χ1n) is 9.53. The minimum Gasteiger partial charge on any atom is -0.339 e. The molecule has 0 spiro atoms. The van der Waals surface area contributed by atoms with Gasteiger partial charge in [0.25, 0.3) is 0 Å². The van der Waals surface area contributed by atoms with E-state index in [1.807, 2.05) is 37.3 Å². The Bertz CT molecular complexity index is 729. The van der Waals surface area contributed by atoms with Gasteiger partial charge in [-0.05, 0) is 24.8 Å². The van der Waals surface area contributed by atoms with Crippen LogP contribution in [0.15, 0.2) is 30.3 Å². The summed E-state index contributed by atoms with van der Waals surface area (Å²) in [7, 11) is -3.38. The van der Waals surface area contributed by atoms with Gasteiger partial charge in [0, 0.05) is 31.6 Å². The Morgan fingerprint density at radius 1 is 1.19 bits per heavy atom. The van der Waals surface area contributed by atoms with Gasteiger partial charge in [-0.25, -0.2) is 8.42 Å². The Kier molecular flexibility index (Phi) is 7.68. The van der Waals surface area contributed by atoms with Gasteiger partial charge in [0.2, 0.25) is 15.9 Å². The average molecular weight is 416 g/mol. The number of sulfonamides is 1. The van der Waals surface area contributed by atoms with Crippen molar-refractivity contribution in [3.8, 4) is 0 Å². The van der Waals surface area contributed by atoms with Gasteiger partial charge < -0.3 is 10.6 Å². The third-order valence-electron chi connectivity index (χ3n) is 5.46. The van der Waals surface area contributed by atoms with Crippen molar-refractivity contribution in [2.75, 3.05) is 25.4 Å². The van der Waals surface area contributed by atoms with E-state index in [-0.39, 0.29) is 36.0 Å². The lowest BCUT2D eigenvalue weighted by atomic mass is 9.95. The molecule has 0 aliphatic carbocycles. The number of likely N-dealkylation sites (tertiary alicyclic amines) is 1. The fourth-order valence-electron chi connectivity index (χ4n) is 4.13. The normalized spacial score (nSPS) is 26.6. The summed E-state index contributed by atoms with van der Waals surface area (Å²) >= 11 is 0. The molecule has 1 unspecified atom stereocenters. The van der Waals surface area contributed by atoms with Crippen LogP contribution in [0.2, 0.25) is 0 Å². The molecule has 27 heavy (non-hydrogen) atoms. The van der Waals surface area contributed by atoms with Gasteiger partial charge in [-0.1, -0.05) is 43.7 Å². The summed E-state index contributed by atoms with van der Waals surface area (Å²) in [5, 5.41) is 0. The number of carbonyl (C=O) groups excluding carboxylic acids is 1. The van der Waals surface area contributed by atoms with Crippen LogP contribution >= 0.6 is 12.4 Å². The van der Waals surface area contributed by atoms with Crippen LogP contribution in [0.5, 0.6) is 0 Å². The number of piperidine rings is 1. The first-order chi connectivity index (χ1) is 12.4. The van der Waals surface area contributed by atoms with E-state index < -0.39 is 16.1 Å². The molecule has 0 aromatic heterocycles. The predicted molar refractivity (Wildman–Crippen MR) is 109 cm³/mol. The minimum atomic E-state index is -3.38. The molecule has 152 valence electrons. The molecule has 2 saturated heterocycles. The van der Waals surface area contributed by atoms with Crippen LogP contribution in [0.25, 0.3) is 0 Å². The van der Waals surface area contributed by atoms with E-state index in [9.17, 15) is 13.2 Å². The maximum Gasteiger partial charge on any atom is 0.241 e. The molecule has 3 atom stereocenters. The highest BCUT2D eigenvalue weighted by Crippen LogP contribution is 2.29. The quantitative estimate of drug-likeness (QED) is 0.796. The highest BCUT2D eigenvalue weighted by molar-refractivity contribution is 7.89. The van der Waals surface area contributed by atoms with E-state index in [0.717, 1.165) is 18.4 Å². The Hall–Kier alpha value is -1.15. The van der Waals surface area contributed by atoms with Gasteiger partial charge in [-0.3, -0.25) is 4.79 Å². The molecule has 0 saturated carbocycles. The highest BCUT2D eigenvalue weighted by Gasteiger charge is 2.42. The maximum atomic E-state index is 13.1. The first-order valence-corrected chi connectivity index (χ1v) is 11.1. The minimum absolute atomic E-state index is 0. The molecule has 3 rings (SSSR count).